The van der Waals surface area contributed by atoms with Crippen LogP contribution >= 0.6 is 0 Å². The van der Waals surface area contributed by atoms with Crippen molar-refractivity contribution in [2.45, 2.75) is 0 Å². The third-order valence-corrected chi connectivity index (χ3v) is 4.84. The third-order valence-electron chi connectivity index (χ3n) is 3.82. The Hall–Kier alpha value is -3.52. The van der Waals surface area contributed by atoms with Crippen molar-refractivity contribution in [3.8, 4) is 0 Å². The molecule has 0 radical (unpaired) electrons. The van der Waals surface area contributed by atoms with Crippen LogP contribution in [0.25, 0.3) is 6.08 Å². The number of benzene rings is 3. The first-order valence-electron chi connectivity index (χ1n) is 8.45. The molecule has 29 heavy (non-hydrogen) atoms. The highest BCUT2D eigenvalue weighted by Crippen LogP contribution is 2.16. The van der Waals surface area contributed by atoms with E-state index in [1.807, 2.05) is 6.07 Å². The van der Waals surface area contributed by atoms with Gasteiger partial charge in [-0.3, -0.25) is 9.52 Å². The van der Waals surface area contributed by atoms with Crippen LogP contribution in [-0.2, 0) is 10.0 Å². The lowest BCUT2D eigenvalue weighted by Gasteiger charge is -2.08. The van der Waals surface area contributed by atoms with Gasteiger partial charge in [0.15, 0.2) is 11.6 Å². The fourth-order valence-electron chi connectivity index (χ4n) is 2.40. The number of hydrogen-bond acceptors (Lipinski definition) is 3. The van der Waals surface area contributed by atoms with Crippen LogP contribution in [-0.4, -0.2) is 14.3 Å². The maximum atomic E-state index is 13.2. The molecule has 0 aliphatic heterocycles. The molecular weight excluding hydrogens is 398 g/mol. The van der Waals surface area contributed by atoms with Gasteiger partial charge in [-0.05, 0) is 48.0 Å². The van der Waals surface area contributed by atoms with Crippen LogP contribution in [0.5, 0.6) is 0 Å². The zero-order valence-electron chi connectivity index (χ0n) is 15.0. The Morgan fingerprint density at radius 2 is 1.48 bits per heavy atom. The van der Waals surface area contributed by atoms with Gasteiger partial charge in [0, 0.05) is 23.0 Å². The molecule has 0 heterocycles. The maximum absolute atomic E-state index is 13.2. The van der Waals surface area contributed by atoms with Gasteiger partial charge in [0.25, 0.3) is 15.9 Å². The van der Waals surface area contributed by atoms with E-state index in [0.717, 1.165) is 23.1 Å². The molecule has 0 fully saturated rings. The molecule has 8 heteroatoms. The van der Waals surface area contributed by atoms with Crippen molar-refractivity contribution in [2.75, 3.05) is 10.0 Å². The topological polar surface area (TPSA) is 75.3 Å². The largest absolute Gasteiger partial charge is 0.322 e. The lowest BCUT2D eigenvalue weighted by molar-refractivity contribution is 0.102. The Bertz CT molecular complexity index is 1150. The van der Waals surface area contributed by atoms with E-state index < -0.39 is 27.6 Å². The van der Waals surface area contributed by atoms with Crippen molar-refractivity contribution >= 4 is 33.4 Å². The SMILES string of the molecule is O=C(Nc1ccc(F)c(F)c1)c1ccc(NS(=O)(=O)/C=C/c2ccccc2)cc1. The van der Waals surface area contributed by atoms with E-state index in [0.29, 0.717) is 0 Å². The van der Waals surface area contributed by atoms with Crippen molar-refractivity contribution in [2.24, 2.45) is 0 Å². The number of halogens is 2. The fraction of sp³-hybridized carbons (Fsp3) is 0. The monoisotopic (exact) mass is 414 g/mol. The lowest BCUT2D eigenvalue weighted by atomic mass is 10.2. The van der Waals surface area contributed by atoms with Crippen molar-refractivity contribution in [1.82, 2.24) is 0 Å². The summed E-state index contributed by atoms with van der Waals surface area (Å²) < 4.78 is 52.8. The van der Waals surface area contributed by atoms with E-state index in [4.69, 9.17) is 0 Å². The van der Waals surface area contributed by atoms with Crippen molar-refractivity contribution < 1.29 is 22.0 Å². The molecule has 0 atom stereocenters. The molecule has 2 N–H and O–H groups in total. The van der Waals surface area contributed by atoms with Gasteiger partial charge in [-0.25, -0.2) is 17.2 Å². The van der Waals surface area contributed by atoms with Crippen molar-refractivity contribution in [3.63, 3.8) is 0 Å². The minimum Gasteiger partial charge on any atom is -0.322 e. The minimum absolute atomic E-state index is 0.102. The molecule has 3 aromatic carbocycles. The number of sulfonamides is 1. The van der Waals surface area contributed by atoms with Crippen molar-refractivity contribution in [1.29, 1.82) is 0 Å². The predicted molar refractivity (Wildman–Crippen MR) is 109 cm³/mol. The van der Waals surface area contributed by atoms with Gasteiger partial charge in [0.05, 0.1) is 5.41 Å². The molecule has 0 spiro atoms. The van der Waals surface area contributed by atoms with E-state index in [2.05, 4.69) is 10.0 Å². The van der Waals surface area contributed by atoms with E-state index >= 15 is 0 Å². The number of nitrogens with one attached hydrogen (secondary N) is 2. The van der Waals surface area contributed by atoms with Crippen LogP contribution < -0.4 is 10.0 Å². The first-order valence-corrected chi connectivity index (χ1v) is 9.99. The first kappa shape index (κ1) is 20.2. The van der Waals surface area contributed by atoms with Gasteiger partial charge in [0.2, 0.25) is 0 Å². The standard InChI is InChI=1S/C21H16F2N2O3S/c22-19-11-10-18(14-20(19)23)24-21(26)16-6-8-17(9-7-16)25-29(27,28)13-12-15-4-2-1-3-5-15/h1-14,25H,(H,24,26)/b13-12+. The minimum atomic E-state index is -3.73. The molecule has 0 bridgehead atoms. The van der Waals surface area contributed by atoms with Crippen molar-refractivity contribution in [3.05, 3.63) is 101 Å². The first-order chi connectivity index (χ1) is 13.8. The fourth-order valence-corrected chi connectivity index (χ4v) is 3.27. The highest BCUT2D eigenvalue weighted by molar-refractivity contribution is 7.95. The molecule has 0 aromatic heterocycles. The summed E-state index contributed by atoms with van der Waals surface area (Å²) in [4.78, 5) is 12.2. The summed E-state index contributed by atoms with van der Waals surface area (Å²) in [6.45, 7) is 0. The van der Waals surface area contributed by atoms with Gasteiger partial charge in [-0.15, -0.1) is 0 Å². The molecule has 0 saturated heterocycles. The number of anilines is 2. The molecule has 0 aliphatic carbocycles. The molecule has 5 nitrogen and oxygen atoms in total. The van der Waals surface area contributed by atoms with E-state index in [-0.39, 0.29) is 16.9 Å². The maximum Gasteiger partial charge on any atom is 0.255 e. The average Bonchev–Trinajstić information content (AvgIpc) is 2.70. The normalized spacial score (nSPS) is 11.4. The van der Waals surface area contributed by atoms with Gasteiger partial charge < -0.3 is 5.32 Å². The highest BCUT2D eigenvalue weighted by Gasteiger charge is 2.10. The number of carbonyl (C=O) groups excluding carboxylic acids is 1. The van der Waals surface area contributed by atoms with Gasteiger partial charge in [0.1, 0.15) is 0 Å². The summed E-state index contributed by atoms with van der Waals surface area (Å²) in [5.74, 6) is -2.63. The Morgan fingerprint density at radius 3 is 2.14 bits per heavy atom. The second kappa shape index (κ2) is 8.66. The Balaban J connectivity index is 1.65. The van der Waals surface area contributed by atoms with E-state index in [1.165, 1.54) is 36.4 Å². The van der Waals surface area contributed by atoms with Gasteiger partial charge in [-0.2, -0.15) is 0 Å². The average molecular weight is 414 g/mol. The molecule has 0 aliphatic rings. The number of amides is 1. The van der Waals surface area contributed by atoms with Crippen LogP contribution in [0.2, 0.25) is 0 Å². The Labute approximate surface area is 166 Å². The number of hydrogen-bond donors (Lipinski definition) is 2. The van der Waals surface area contributed by atoms with Gasteiger partial charge in [-0.1, -0.05) is 30.3 Å². The third kappa shape index (κ3) is 5.73. The van der Waals surface area contributed by atoms with Crippen LogP contribution in [0, 0.1) is 11.6 Å². The van der Waals surface area contributed by atoms with Crippen LogP contribution in [0.3, 0.4) is 0 Å². The highest BCUT2D eigenvalue weighted by atomic mass is 32.2. The van der Waals surface area contributed by atoms with Crippen LogP contribution in [0.1, 0.15) is 15.9 Å². The second-order valence-electron chi connectivity index (χ2n) is 6.02. The lowest BCUT2D eigenvalue weighted by Crippen LogP contribution is -2.13. The summed E-state index contributed by atoms with van der Waals surface area (Å²) in [7, 11) is -3.73. The molecule has 1 amide bonds. The zero-order valence-corrected chi connectivity index (χ0v) is 15.8. The summed E-state index contributed by atoms with van der Waals surface area (Å²) >= 11 is 0. The van der Waals surface area contributed by atoms with E-state index in [9.17, 15) is 22.0 Å². The second-order valence-corrected chi connectivity index (χ2v) is 7.59. The number of rotatable bonds is 6. The van der Waals surface area contributed by atoms with Crippen LogP contribution in [0.15, 0.2) is 78.2 Å². The molecule has 3 rings (SSSR count). The summed E-state index contributed by atoms with van der Waals surface area (Å²) in [6, 6.07) is 17.6. The van der Waals surface area contributed by atoms with E-state index in [1.54, 1.807) is 24.3 Å². The molecular formula is C21H16F2N2O3S. The van der Waals surface area contributed by atoms with Gasteiger partial charge >= 0.3 is 0 Å². The molecule has 0 unspecified atom stereocenters. The molecule has 3 aromatic rings. The summed E-state index contributed by atoms with van der Waals surface area (Å²) in [6.07, 6.45) is 1.46. The summed E-state index contributed by atoms with van der Waals surface area (Å²) in [5.41, 5.74) is 1.33. The zero-order chi connectivity index (χ0) is 20.9. The Kier molecular flexibility index (Phi) is 6.04. The quantitative estimate of drug-likeness (QED) is 0.618. The molecule has 0 saturated carbocycles. The number of carbonyl (C=O) groups is 1. The Morgan fingerprint density at radius 1 is 0.828 bits per heavy atom. The predicted octanol–water partition coefficient (Wildman–Crippen LogP) is 4.63. The molecule has 148 valence electrons. The van der Waals surface area contributed by atoms with Crippen LogP contribution in [0.4, 0.5) is 20.2 Å². The summed E-state index contributed by atoms with van der Waals surface area (Å²) in [5, 5.41) is 3.48. The smallest absolute Gasteiger partial charge is 0.255 e.